The highest BCUT2D eigenvalue weighted by molar-refractivity contribution is 6.30. The van der Waals surface area contributed by atoms with Crippen LogP contribution in [0.2, 0.25) is 5.02 Å². The molecule has 0 bridgehead atoms. The fraction of sp³-hybridized carbons (Fsp3) is 0.588. The third kappa shape index (κ3) is 3.24. The molecule has 2 aliphatic rings. The Morgan fingerprint density at radius 3 is 2.81 bits per heavy atom. The predicted octanol–water partition coefficient (Wildman–Crippen LogP) is 3.74. The minimum atomic E-state index is -0.113. The normalized spacial score (nSPS) is 26.8. The lowest BCUT2D eigenvalue weighted by molar-refractivity contribution is -0.130. The van der Waals surface area contributed by atoms with Gasteiger partial charge in [0.05, 0.1) is 6.04 Å². The van der Waals surface area contributed by atoms with Crippen LogP contribution in [0.3, 0.4) is 0 Å². The second-order valence-corrected chi connectivity index (χ2v) is 6.75. The molecule has 1 saturated carbocycles. The first-order chi connectivity index (χ1) is 10.1. The lowest BCUT2D eigenvalue weighted by atomic mass is 10.0. The van der Waals surface area contributed by atoms with Gasteiger partial charge in [0, 0.05) is 11.6 Å². The van der Waals surface area contributed by atoms with Gasteiger partial charge in [-0.25, -0.2) is 0 Å². The summed E-state index contributed by atoms with van der Waals surface area (Å²) in [5.41, 5.74) is 1.08. The van der Waals surface area contributed by atoms with Crippen LogP contribution in [0.1, 0.15) is 50.8 Å². The van der Waals surface area contributed by atoms with Crippen LogP contribution in [0.4, 0.5) is 0 Å². The number of benzene rings is 1. The monoisotopic (exact) mass is 306 g/mol. The molecule has 3 nitrogen and oxygen atoms in total. The summed E-state index contributed by atoms with van der Waals surface area (Å²) in [5, 5.41) is 4.11. The molecule has 2 fully saturated rings. The summed E-state index contributed by atoms with van der Waals surface area (Å²) in [4.78, 5) is 14.4. The fourth-order valence-electron chi connectivity index (χ4n) is 3.59. The second kappa shape index (κ2) is 6.37. The number of nitrogens with zero attached hydrogens (tertiary/aromatic N) is 1. The van der Waals surface area contributed by atoms with Gasteiger partial charge in [0.1, 0.15) is 6.17 Å². The van der Waals surface area contributed by atoms with Crippen molar-refractivity contribution in [1.82, 2.24) is 10.2 Å². The highest BCUT2D eigenvalue weighted by Gasteiger charge is 2.37. The van der Waals surface area contributed by atoms with Crippen LogP contribution in [0.5, 0.6) is 0 Å². The Labute approximate surface area is 131 Å². The van der Waals surface area contributed by atoms with E-state index in [1.54, 1.807) is 0 Å². The molecule has 114 valence electrons. The SMILES string of the molecule is CC1NC(c2cccc(Cl)c2)N(CCC2CCCC2)C1=O. The van der Waals surface area contributed by atoms with Crippen molar-refractivity contribution >= 4 is 17.5 Å². The van der Waals surface area contributed by atoms with Gasteiger partial charge in [-0.05, 0) is 37.0 Å². The average molecular weight is 307 g/mol. The van der Waals surface area contributed by atoms with Crippen molar-refractivity contribution in [3.63, 3.8) is 0 Å². The maximum absolute atomic E-state index is 12.4. The van der Waals surface area contributed by atoms with Crippen LogP contribution in [-0.2, 0) is 4.79 Å². The number of rotatable bonds is 4. The number of amides is 1. The zero-order valence-electron chi connectivity index (χ0n) is 12.5. The molecule has 1 aliphatic heterocycles. The van der Waals surface area contributed by atoms with Gasteiger partial charge < -0.3 is 4.90 Å². The van der Waals surface area contributed by atoms with Crippen molar-refractivity contribution in [1.29, 1.82) is 0 Å². The van der Waals surface area contributed by atoms with Crippen molar-refractivity contribution in [2.45, 2.75) is 51.2 Å². The topological polar surface area (TPSA) is 32.3 Å². The molecule has 2 unspecified atom stereocenters. The van der Waals surface area contributed by atoms with Gasteiger partial charge in [-0.2, -0.15) is 0 Å². The third-order valence-corrected chi connectivity index (χ3v) is 5.03. The molecule has 0 radical (unpaired) electrons. The summed E-state index contributed by atoms with van der Waals surface area (Å²) in [6.07, 6.45) is 6.44. The van der Waals surface area contributed by atoms with Crippen LogP contribution in [-0.4, -0.2) is 23.4 Å². The number of carbonyl (C=O) groups is 1. The summed E-state index contributed by atoms with van der Waals surface area (Å²) >= 11 is 6.09. The van der Waals surface area contributed by atoms with Crippen molar-refractivity contribution in [2.75, 3.05) is 6.54 Å². The van der Waals surface area contributed by atoms with Crippen LogP contribution in [0.15, 0.2) is 24.3 Å². The highest BCUT2D eigenvalue weighted by Crippen LogP contribution is 2.31. The molecule has 21 heavy (non-hydrogen) atoms. The molecule has 1 amide bonds. The fourth-order valence-corrected chi connectivity index (χ4v) is 3.79. The van der Waals surface area contributed by atoms with Crippen LogP contribution in [0, 0.1) is 5.92 Å². The lowest BCUT2D eigenvalue weighted by Gasteiger charge is -2.26. The van der Waals surface area contributed by atoms with Gasteiger partial charge in [-0.1, -0.05) is 49.4 Å². The molecule has 4 heteroatoms. The van der Waals surface area contributed by atoms with Crippen LogP contribution in [0.25, 0.3) is 0 Å². The lowest BCUT2D eigenvalue weighted by Crippen LogP contribution is -2.32. The first-order valence-electron chi connectivity index (χ1n) is 7.97. The quantitative estimate of drug-likeness (QED) is 0.919. The zero-order chi connectivity index (χ0) is 14.8. The van der Waals surface area contributed by atoms with Gasteiger partial charge in [0.25, 0.3) is 0 Å². The molecule has 3 rings (SSSR count). The molecule has 1 aromatic rings. The van der Waals surface area contributed by atoms with E-state index in [1.807, 2.05) is 36.1 Å². The Hall–Kier alpha value is -1.06. The summed E-state index contributed by atoms with van der Waals surface area (Å²) in [6.45, 7) is 2.79. The molecule has 2 atom stereocenters. The van der Waals surface area contributed by atoms with Gasteiger partial charge in [0.2, 0.25) is 5.91 Å². The predicted molar refractivity (Wildman–Crippen MR) is 85.1 cm³/mol. The van der Waals surface area contributed by atoms with E-state index in [2.05, 4.69) is 5.32 Å². The standard InChI is InChI=1S/C17H23ClN2O/c1-12-17(21)20(10-9-13-5-2-3-6-13)16(19-12)14-7-4-8-15(18)11-14/h4,7-8,11-13,16,19H,2-3,5-6,9-10H2,1H3. The Morgan fingerprint density at radius 1 is 1.33 bits per heavy atom. The van der Waals surface area contributed by atoms with Crippen molar-refractivity contribution < 1.29 is 4.79 Å². The molecule has 1 aliphatic carbocycles. The number of hydrogen-bond acceptors (Lipinski definition) is 2. The van der Waals surface area contributed by atoms with Crippen molar-refractivity contribution in [2.24, 2.45) is 5.92 Å². The van der Waals surface area contributed by atoms with Gasteiger partial charge in [-0.3, -0.25) is 10.1 Å². The summed E-state index contributed by atoms with van der Waals surface area (Å²) in [5.74, 6) is 1.01. The molecule has 1 aromatic carbocycles. The van der Waals surface area contributed by atoms with Crippen molar-refractivity contribution in [3.05, 3.63) is 34.9 Å². The largest absolute Gasteiger partial charge is 0.322 e. The highest BCUT2D eigenvalue weighted by atomic mass is 35.5. The second-order valence-electron chi connectivity index (χ2n) is 6.32. The Morgan fingerprint density at radius 2 is 2.10 bits per heavy atom. The number of hydrogen-bond donors (Lipinski definition) is 1. The van der Waals surface area contributed by atoms with Crippen LogP contribution < -0.4 is 5.32 Å². The van der Waals surface area contributed by atoms with Crippen molar-refractivity contribution in [3.8, 4) is 0 Å². The van der Waals surface area contributed by atoms with E-state index < -0.39 is 0 Å². The molecular weight excluding hydrogens is 284 g/mol. The Bertz CT molecular complexity index is 513. The zero-order valence-corrected chi connectivity index (χ0v) is 13.3. The van der Waals surface area contributed by atoms with E-state index in [9.17, 15) is 4.79 Å². The third-order valence-electron chi connectivity index (χ3n) is 4.79. The molecule has 1 saturated heterocycles. The smallest absolute Gasteiger partial charge is 0.241 e. The van der Waals surface area contributed by atoms with E-state index in [4.69, 9.17) is 11.6 Å². The Kier molecular flexibility index (Phi) is 4.51. The van der Waals surface area contributed by atoms with E-state index in [0.29, 0.717) is 0 Å². The van der Waals surface area contributed by atoms with Crippen LogP contribution >= 0.6 is 11.6 Å². The molecule has 1 N–H and O–H groups in total. The first kappa shape index (κ1) is 14.9. The molecule has 1 heterocycles. The van der Waals surface area contributed by atoms with E-state index in [-0.39, 0.29) is 18.1 Å². The maximum atomic E-state index is 12.4. The average Bonchev–Trinajstić information content (AvgIpc) is 3.07. The number of halogens is 1. The van der Waals surface area contributed by atoms with E-state index in [1.165, 1.54) is 25.7 Å². The van der Waals surface area contributed by atoms with E-state index in [0.717, 1.165) is 29.5 Å². The minimum absolute atomic E-state index is 0.0346. The molecule has 0 spiro atoms. The number of carbonyl (C=O) groups excluding carboxylic acids is 1. The molecule has 0 aromatic heterocycles. The summed E-state index contributed by atoms with van der Waals surface area (Å²) < 4.78 is 0. The maximum Gasteiger partial charge on any atom is 0.241 e. The van der Waals surface area contributed by atoms with Gasteiger partial charge >= 0.3 is 0 Å². The first-order valence-corrected chi connectivity index (χ1v) is 8.35. The van der Waals surface area contributed by atoms with E-state index >= 15 is 0 Å². The van der Waals surface area contributed by atoms with Gasteiger partial charge in [0.15, 0.2) is 0 Å². The minimum Gasteiger partial charge on any atom is -0.322 e. The summed E-state index contributed by atoms with van der Waals surface area (Å²) in [6, 6.07) is 7.69. The van der Waals surface area contributed by atoms with Gasteiger partial charge in [-0.15, -0.1) is 0 Å². The molecular formula is C17H23ClN2O. The Balaban J connectivity index is 1.72. The number of nitrogens with one attached hydrogen (secondary N) is 1. The summed E-state index contributed by atoms with van der Waals surface area (Å²) in [7, 11) is 0.